The lowest BCUT2D eigenvalue weighted by atomic mass is 10.2. The lowest BCUT2D eigenvalue weighted by molar-refractivity contribution is -0.137. The molecule has 1 rings (SSSR count). The van der Waals surface area contributed by atoms with Gasteiger partial charge in [-0.05, 0) is 25.1 Å². The Labute approximate surface area is 88.0 Å². The average molecular weight is 269 g/mol. The summed E-state index contributed by atoms with van der Waals surface area (Å²) in [5.41, 5.74) is -0.713. The van der Waals surface area contributed by atoms with Crippen LogP contribution in [0.15, 0.2) is 22.7 Å². The monoisotopic (exact) mass is 268 g/mol. The zero-order valence-corrected chi connectivity index (χ0v) is 8.95. The van der Waals surface area contributed by atoms with E-state index < -0.39 is 11.7 Å². The van der Waals surface area contributed by atoms with Crippen molar-refractivity contribution in [3.8, 4) is 5.75 Å². The third kappa shape index (κ3) is 2.90. The van der Waals surface area contributed by atoms with Gasteiger partial charge >= 0.3 is 6.18 Å². The molecule has 0 amide bonds. The molecule has 0 saturated heterocycles. The van der Waals surface area contributed by atoms with Gasteiger partial charge in [-0.15, -0.1) is 0 Å². The van der Waals surface area contributed by atoms with Crippen LogP contribution in [-0.2, 0) is 6.18 Å². The highest BCUT2D eigenvalue weighted by Crippen LogP contribution is 2.33. The molecule has 0 atom stereocenters. The van der Waals surface area contributed by atoms with Crippen LogP contribution in [0.5, 0.6) is 5.75 Å². The molecule has 14 heavy (non-hydrogen) atoms. The van der Waals surface area contributed by atoms with Crippen LogP contribution in [0.4, 0.5) is 13.2 Å². The summed E-state index contributed by atoms with van der Waals surface area (Å²) in [4.78, 5) is 0. The van der Waals surface area contributed by atoms with Crippen molar-refractivity contribution in [2.75, 3.05) is 6.61 Å². The van der Waals surface area contributed by atoms with Crippen molar-refractivity contribution in [1.29, 1.82) is 0 Å². The summed E-state index contributed by atoms with van der Waals surface area (Å²) in [7, 11) is 0. The van der Waals surface area contributed by atoms with Gasteiger partial charge in [-0.25, -0.2) is 0 Å². The Hall–Kier alpha value is -0.710. The standard InChI is InChI=1S/C9H8BrF3O/c1-2-14-8-4-6(9(11,12)13)3-7(10)5-8/h3-5H,2H2,1H3. The maximum Gasteiger partial charge on any atom is 0.416 e. The van der Waals surface area contributed by atoms with Crippen LogP contribution in [0.1, 0.15) is 12.5 Å². The predicted octanol–water partition coefficient (Wildman–Crippen LogP) is 3.87. The summed E-state index contributed by atoms with van der Waals surface area (Å²) < 4.78 is 42.3. The fourth-order valence-corrected chi connectivity index (χ4v) is 1.45. The van der Waals surface area contributed by atoms with Crippen molar-refractivity contribution in [2.45, 2.75) is 13.1 Å². The topological polar surface area (TPSA) is 9.23 Å². The Morgan fingerprint density at radius 1 is 1.29 bits per heavy atom. The first kappa shape index (κ1) is 11.4. The molecule has 0 aromatic heterocycles. The number of hydrogen-bond acceptors (Lipinski definition) is 1. The van der Waals surface area contributed by atoms with Crippen molar-refractivity contribution in [2.24, 2.45) is 0 Å². The molecule has 0 aliphatic heterocycles. The molecule has 0 heterocycles. The summed E-state index contributed by atoms with van der Waals surface area (Å²) in [5, 5.41) is 0. The van der Waals surface area contributed by atoms with Gasteiger partial charge in [0.25, 0.3) is 0 Å². The smallest absolute Gasteiger partial charge is 0.416 e. The predicted molar refractivity (Wildman–Crippen MR) is 50.3 cm³/mol. The highest BCUT2D eigenvalue weighted by Gasteiger charge is 2.31. The minimum atomic E-state index is -4.34. The van der Waals surface area contributed by atoms with Gasteiger partial charge in [0.05, 0.1) is 12.2 Å². The van der Waals surface area contributed by atoms with E-state index in [2.05, 4.69) is 15.9 Å². The minimum absolute atomic E-state index is 0.217. The molecule has 0 spiro atoms. The molecule has 1 aromatic rings. The molecule has 0 aliphatic rings. The lowest BCUT2D eigenvalue weighted by Gasteiger charge is -2.10. The highest BCUT2D eigenvalue weighted by atomic mass is 79.9. The molecule has 0 N–H and O–H groups in total. The van der Waals surface area contributed by atoms with E-state index >= 15 is 0 Å². The third-order valence-corrected chi connectivity index (χ3v) is 1.97. The zero-order valence-electron chi connectivity index (χ0n) is 7.36. The number of halogens is 4. The van der Waals surface area contributed by atoms with E-state index in [9.17, 15) is 13.2 Å². The first-order valence-corrected chi connectivity index (χ1v) is 4.73. The summed E-state index contributed by atoms with van der Waals surface area (Å²) in [5.74, 6) is 0.217. The van der Waals surface area contributed by atoms with Gasteiger partial charge in [-0.1, -0.05) is 15.9 Å². The van der Waals surface area contributed by atoms with E-state index in [1.165, 1.54) is 6.07 Å². The molecule has 0 aliphatic carbocycles. The van der Waals surface area contributed by atoms with Crippen molar-refractivity contribution >= 4 is 15.9 Å². The molecule has 78 valence electrons. The second kappa shape index (κ2) is 4.21. The SMILES string of the molecule is CCOc1cc(Br)cc(C(F)(F)F)c1. The van der Waals surface area contributed by atoms with Gasteiger partial charge in [0.2, 0.25) is 0 Å². The summed E-state index contributed by atoms with van der Waals surface area (Å²) in [6.07, 6.45) is -4.34. The Balaban J connectivity index is 3.07. The van der Waals surface area contributed by atoms with Gasteiger partial charge in [0, 0.05) is 4.47 Å². The van der Waals surface area contributed by atoms with Crippen LogP contribution >= 0.6 is 15.9 Å². The Bertz CT molecular complexity index is 322. The van der Waals surface area contributed by atoms with Crippen LogP contribution in [0.25, 0.3) is 0 Å². The van der Waals surface area contributed by atoms with Crippen molar-refractivity contribution in [3.63, 3.8) is 0 Å². The van der Waals surface area contributed by atoms with Crippen LogP contribution in [-0.4, -0.2) is 6.61 Å². The van der Waals surface area contributed by atoms with Crippen LogP contribution in [0, 0.1) is 0 Å². The van der Waals surface area contributed by atoms with Crippen molar-refractivity contribution in [1.82, 2.24) is 0 Å². The number of rotatable bonds is 2. The second-order valence-corrected chi connectivity index (χ2v) is 3.52. The molecule has 5 heteroatoms. The Kier molecular flexibility index (Phi) is 3.42. The van der Waals surface area contributed by atoms with Crippen molar-refractivity contribution < 1.29 is 17.9 Å². The van der Waals surface area contributed by atoms with Crippen LogP contribution in [0.2, 0.25) is 0 Å². The van der Waals surface area contributed by atoms with Gasteiger partial charge in [-0.3, -0.25) is 0 Å². The molecule has 0 saturated carbocycles. The fraction of sp³-hybridized carbons (Fsp3) is 0.333. The maximum atomic E-state index is 12.3. The van der Waals surface area contributed by atoms with Gasteiger partial charge in [-0.2, -0.15) is 13.2 Å². The normalized spacial score (nSPS) is 11.5. The van der Waals surface area contributed by atoms with Crippen molar-refractivity contribution in [3.05, 3.63) is 28.2 Å². The molecule has 1 aromatic carbocycles. The fourth-order valence-electron chi connectivity index (χ4n) is 0.976. The van der Waals surface area contributed by atoms with Crippen LogP contribution in [0.3, 0.4) is 0 Å². The minimum Gasteiger partial charge on any atom is -0.494 e. The van der Waals surface area contributed by atoms with Crippen LogP contribution < -0.4 is 4.74 Å². The largest absolute Gasteiger partial charge is 0.494 e. The molecular weight excluding hydrogens is 261 g/mol. The zero-order chi connectivity index (χ0) is 10.8. The summed E-state index contributed by atoms with van der Waals surface area (Å²) in [6, 6.07) is 3.50. The van der Waals surface area contributed by atoms with E-state index in [-0.39, 0.29) is 5.75 Å². The molecule has 0 radical (unpaired) electrons. The lowest BCUT2D eigenvalue weighted by Crippen LogP contribution is -2.05. The van der Waals surface area contributed by atoms with E-state index in [4.69, 9.17) is 4.74 Å². The van der Waals surface area contributed by atoms with E-state index in [1.54, 1.807) is 6.92 Å². The molecular formula is C9H8BrF3O. The average Bonchev–Trinajstić information content (AvgIpc) is 2.02. The van der Waals surface area contributed by atoms with Gasteiger partial charge in [0.1, 0.15) is 5.75 Å². The third-order valence-electron chi connectivity index (χ3n) is 1.51. The van der Waals surface area contributed by atoms with Gasteiger partial charge in [0.15, 0.2) is 0 Å². The van der Waals surface area contributed by atoms with E-state index in [0.717, 1.165) is 12.1 Å². The quantitative estimate of drug-likeness (QED) is 0.792. The first-order valence-electron chi connectivity index (χ1n) is 3.94. The van der Waals surface area contributed by atoms with E-state index in [0.29, 0.717) is 11.1 Å². The number of alkyl halides is 3. The Morgan fingerprint density at radius 3 is 2.43 bits per heavy atom. The van der Waals surface area contributed by atoms with E-state index in [1.807, 2.05) is 0 Å². The molecule has 0 bridgehead atoms. The summed E-state index contributed by atoms with van der Waals surface area (Å²) in [6.45, 7) is 2.06. The second-order valence-electron chi connectivity index (χ2n) is 2.61. The van der Waals surface area contributed by atoms with Gasteiger partial charge < -0.3 is 4.74 Å². The summed E-state index contributed by atoms with van der Waals surface area (Å²) >= 11 is 3.00. The highest BCUT2D eigenvalue weighted by molar-refractivity contribution is 9.10. The number of hydrogen-bond donors (Lipinski definition) is 0. The number of ether oxygens (including phenoxy) is 1. The molecule has 1 nitrogen and oxygen atoms in total. The number of benzene rings is 1. The molecule has 0 fully saturated rings. The maximum absolute atomic E-state index is 12.3. The Morgan fingerprint density at radius 2 is 1.93 bits per heavy atom. The molecule has 0 unspecified atom stereocenters. The first-order chi connectivity index (χ1) is 6.43.